The molecule has 0 radical (unpaired) electrons. The Morgan fingerprint density at radius 3 is 1.53 bits per heavy atom. The van der Waals surface area contributed by atoms with E-state index in [-0.39, 0.29) is 0 Å². The molecule has 88 valence electrons. The third-order valence-electron chi connectivity index (χ3n) is 2.75. The molecule has 0 aromatic heterocycles. The fraction of sp³-hybridized carbons (Fsp3) is 0.143. The van der Waals surface area contributed by atoms with Crippen molar-refractivity contribution < 1.29 is 0 Å². The molecule has 0 bridgehead atoms. The van der Waals surface area contributed by atoms with Gasteiger partial charge in [-0.15, -0.1) is 25.3 Å². The number of hydrogen-bond acceptors (Lipinski definition) is 3. The minimum absolute atomic E-state index is 0.945. The van der Waals surface area contributed by atoms with Crippen LogP contribution in [0, 0.1) is 13.8 Å². The van der Waals surface area contributed by atoms with Crippen LogP contribution < -0.4 is 5.32 Å². The van der Waals surface area contributed by atoms with Crippen LogP contribution >= 0.6 is 25.3 Å². The number of para-hydroxylation sites is 2. The number of rotatable bonds is 2. The number of benzene rings is 2. The van der Waals surface area contributed by atoms with Crippen molar-refractivity contribution in [1.82, 2.24) is 0 Å². The molecule has 3 heteroatoms. The molecule has 1 nitrogen and oxygen atoms in total. The first-order valence-electron chi connectivity index (χ1n) is 5.44. The smallest absolute Gasteiger partial charge is 0.0549 e. The topological polar surface area (TPSA) is 12.0 Å². The second-order valence-electron chi connectivity index (χ2n) is 4.06. The molecule has 2 rings (SSSR count). The highest BCUT2D eigenvalue weighted by Crippen LogP contribution is 2.32. The average molecular weight is 261 g/mol. The van der Waals surface area contributed by atoms with Gasteiger partial charge >= 0.3 is 0 Å². The molecule has 2 aromatic carbocycles. The van der Waals surface area contributed by atoms with Crippen LogP contribution in [0.2, 0.25) is 0 Å². The summed E-state index contributed by atoms with van der Waals surface area (Å²) in [7, 11) is 0. The standard InChI is InChI=1S/C14H15NS2/c1-9-5-3-7-11(16)13(9)15-14-10(2)6-4-8-12(14)17/h3-8,15-17H,1-2H3. The molecule has 0 fully saturated rings. The van der Waals surface area contributed by atoms with Crippen LogP contribution in [0.4, 0.5) is 11.4 Å². The Labute approximate surface area is 113 Å². The largest absolute Gasteiger partial charge is 0.353 e. The van der Waals surface area contributed by atoms with Crippen LogP contribution in [0.1, 0.15) is 11.1 Å². The van der Waals surface area contributed by atoms with E-state index in [0.29, 0.717) is 0 Å². The van der Waals surface area contributed by atoms with Gasteiger partial charge in [-0.3, -0.25) is 0 Å². The number of anilines is 2. The number of hydrogen-bond donors (Lipinski definition) is 3. The Morgan fingerprint density at radius 2 is 1.18 bits per heavy atom. The van der Waals surface area contributed by atoms with Crippen LogP contribution in [0.5, 0.6) is 0 Å². The predicted octanol–water partition coefficient (Wildman–Crippen LogP) is 4.62. The van der Waals surface area contributed by atoms with E-state index in [4.69, 9.17) is 0 Å². The molecule has 0 aliphatic rings. The summed E-state index contributed by atoms with van der Waals surface area (Å²) < 4.78 is 0. The molecule has 0 spiro atoms. The number of nitrogens with one attached hydrogen (secondary N) is 1. The Kier molecular flexibility index (Phi) is 3.69. The molecule has 0 atom stereocenters. The van der Waals surface area contributed by atoms with Gasteiger partial charge in [-0.25, -0.2) is 0 Å². The van der Waals surface area contributed by atoms with Gasteiger partial charge in [0.05, 0.1) is 11.4 Å². The summed E-state index contributed by atoms with van der Waals surface area (Å²) >= 11 is 8.96. The van der Waals surface area contributed by atoms with Gasteiger partial charge in [0.25, 0.3) is 0 Å². The molecule has 2 aromatic rings. The Balaban J connectivity index is 2.45. The minimum Gasteiger partial charge on any atom is -0.353 e. The summed E-state index contributed by atoms with van der Waals surface area (Å²) in [5.74, 6) is 0. The maximum atomic E-state index is 4.48. The van der Waals surface area contributed by atoms with Crippen molar-refractivity contribution in [2.45, 2.75) is 23.6 Å². The van der Waals surface area contributed by atoms with E-state index in [1.807, 2.05) is 24.3 Å². The van der Waals surface area contributed by atoms with E-state index in [1.54, 1.807) is 0 Å². The lowest BCUT2D eigenvalue weighted by molar-refractivity contribution is 1.29. The van der Waals surface area contributed by atoms with E-state index in [1.165, 1.54) is 11.1 Å². The number of aryl methyl sites for hydroxylation is 2. The van der Waals surface area contributed by atoms with Crippen LogP contribution in [0.3, 0.4) is 0 Å². The fourth-order valence-corrected chi connectivity index (χ4v) is 2.39. The Morgan fingerprint density at radius 1 is 0.765 bits per heavy atom. The minimum atomic E-state index is 0.945. The number of thiol groups is 2. The lowest BCUT2D eigenvalue weighted by Gasteiger charge is -2.15. The van der Waals surface area contributed by atoms with Crippen molar-refractivity contribution in [3.05, 3.63) is 47.5 Å². The van der Waals surface area contributed by atoms with E-state index < -0.39 is 0 Å². The van der Waals surface area contributed by atoms with Crippen molar-refractivity contribution >= 4 is 36.6 Å². The average Bonchev–Trinajstić information content (AvgIpc) is 2.27. The van der Waals surface area contributed by atoms with E-state index in [2.05, 4.69) is 56.6 Å². The summed E-state index contributed by atoms with van der Waals surface area (Å²) in [6, 6.07) is 12.1. The molecule has 17 heavy (non-hydrogen) atoms. The lowest BCUT2D eigenvalue weighted by Crippen LogP contribution is -1.97. The van der Waals surface area contributed by atoms with Crippen LogP contribution in [0.25, 0.3) is 0 Å². The summed E-state index contributed by atoms with van der Waals surface area (Å²) in [5.41, 5.74) is 4.43. The molecule has 0 amide bonds. The highest BCUT2D eigenvalue weighted by atomic mass is 32.1. The van der Waals surface area contributed by atoms with Gasteiger partial charge in [-0.2, -0.15) is 0 Å². The molecule has 0 saturated carbocycles. The van der Waals surface area contributed by atoms with Gasteiger partial charge in [-0.05, 0) is 37.1 Å². The second kappa shape index (κ2) is 5.07. The van der Waals surface area contributed by atoms with Crippen molar-refractivity contribution in [2.24, 2.45) is 0 Å². The molecule has 0 unspecified atom stereocenters. The van der Waals surface area contributed by atoms with Gasteiger partial charge in [-0.1, -0.05) is 24.3 Å². The van der Waals surface area contributed by atoms with Gasteiger partial charge in [0.1, 0.15) is 0 Å². The zero-order valence-corrected chi connectivity index (χ0v) is 11.6. The first kappa shape index (κ1) is 12.4. The SMILES string of the molecule is Cc1cccc(S)c1Nc1c(C)cccc1S. The second-order valence-corrected chi connectivity index (χ2v) is 5.03. The zero-order chi connectivity index (χ0) is 12.4. The third-order valence-corrected chi connectivity index (χ3v) is 3.50. The molecule has 1 N–H and O–H groups in total. The van der Waals surface area contributed by atoms with Crippen molar-refractivity contribution in [1.29, 1.82) is 0 Å². The van der Waals surface area contributed by atoms with Crippen molar-refractivity contribution in [2.75, 3.05) is 5.32 Å². The van der Waals surface area contributed by atoms with Crippen LogP contribution in [-0.4, -0.2) is 0 Å². The lowest BCUT2D eigenvalue weighted by atomic mass is 10.1. The summed E-state index contributed by atoms with van der Waals surface area (Å²) in [6.07, 6.45) is 0. The summed E-state index contributed by atoms with van der Waals surface area (Å²) in [5, 5.41) is 3.42. The molecule has 0 aliphatic heterocycles. The summed E-state index contributed by atoms with van der Waals surface area (Å²) in [4.78, 5) is 1.89. The third kappa shape index (κ3) is 2.61. The van der Waals surface area contributed by atoms with Crippen molar-refractivity contribution in [3.8, 4) is 0 Å². The Hall–Kier alpha value is -1.06. The normalized spacial score (nSPS) is 10.4. The van der Waals surface area contributed by atoms with E-state index in [0.717, 1.165) is 21.2 Å². The quantitative estimate of drug-likeness (QED) is 0.670. The predicted molar refractivity (Wildman–Crippen MR) is 80.1 cm³/mol. The zero-order valence-electron chi connectivity index (χ0n) is 9.86. The van der Waals surface area contributed by atoms with Crippen molar-refractivity contribution in [3.63, 3.8) is 0 Å². The first-order valence-corrected chi connectivity index (χ1v) is 6.33. The van der Waals surface area contributed by atoms with Gasteiger partial charge in [0.2, 0.25) is 0 Å². The highest BCUT2D eigenvalue weighted by Gasteiger charge is 2.07. The maximum Gasteiger partial charge on any atom is 0.0549 e. The van der Waals surface area contributed by atoms with Gasteiger partial charge < -0.3 is 5.32 Å². The first-order chi connectivity index (χ1) is 8.09. The fourth-order valence-electron chi connectivity index (χ4n) is 1.75. The molecule has 0 heterocycles. The molecular weight excluding hydrogens is 246 g/mol. The molecule has 0 saturated heterocycles. The highest BCUT2D eigenvalue weighted by molar-refractivity contribution is 7.80. The molecule has 0 aliphatic carbocycles. The van der Waals surface area contributed by atoms with Crippen LogP contribution in [-0.2, 0) is 0 Å². The van der Waals surface area contributed by atoms with Gasteiger partial charge in [0.15, 0.2) is 0 Å². The Bertz CT molecular complexity index is 460. The maximum absolute atomic E-state index is 4.48. The van der Waals surface area contributed by atoms with E-state index in [9.17, 15) is 0 Å². The van der Waals surface area contributed by atoms with Gasteiger partial charge in [0, 0.05) is 9.79 Å². The van der Waals surface area contributed by atoms with Crippen LogP contribution in [0.15, 0.2) is 46.2 Å². The molecular formula is C14H15NS2. The monoisotopic (exact) mass is 261 g/mol. The summed E-state index contributed by atoms with van der Waals surface area (Å²) in [6.45, 7) is 4.14. The van der Waals surface area contributed by atoms with E-state index >= 15 is 0 Å².